The van der Waals surface area contributed by atoms with Gasteiger partial charge in [-0.05, 0) is 12.1 Å². The molecule has 0 heterocycles. The first-order valence-corrected chi connectivity index (χ1v) is 6.96. The van der Waals surface area contributed by atoms with Gasteiger partial charge in [-0.1, -0.05) is 12.1 Å². The van der Waals surface area contributed by atoms with Crippen LogP contribution < -0.4 is 5.32 Å². The summed E-state index contributed by atoms with van der Waals surface area (Å²) >= 11 is 0. The van der Waals surface area contributed by atoms with Crippen LogP contribution in [0.1, 0.15) is 0 Å². The molecule has 2 N–H and O–H groups in total. The highest BCUT2D eigenvalue weighted by Gasteiger charge is 2.29. The molecule has 0 aliphatic rings. The number of methoxy groups -OCH3 is 1. The Kier molecular flexibility index (Phi) is 5.40. The van der Waals surface area contributed by atoms with Crippen molar-refractivity contribution < 1.29 is 31.8 Å². The topological polar surface area (TPSA) is 92.7 Å². The summed E-state index contributed by atoms with van der Waals surface area (Å²) in [4.78, 5) is 10.2. The Morgan fingerprint density at radius 1 is 1.40 bits per heavy atom. The van der Waals surface area contributed by atoms with Crippen LogP contribution in [0.3, 0.4) is 0 Å². The van der Waals surface area contributed by atoms with Gasteiger partial charge in [0.1, 0.15) is 0 Å². The predicted molar refractivity (Wildman–Crippen MR) is 66.6 cm³/mol. The number of halogens is 2. The Morgan fingerprint density at radius 2 is 2.00 bits per heavy atom. The second-order valence-electron chi connectivity index (χ2n) is 3.75. The van der Waals surface area contributed by atoms with E-state index in [-0.39, 0.29) is 12.2 Å². The first-order chi connectivity index (χ1) is 9.30. The van der Waals surface area contributed by atoms with E-state index >= 15 is 0 Å². The second kappa shape index (κ2) is 6.62. The van der Waals surface area contributed by atoms with Crippen LogP contribution in [-0.4, -0.2) is 45.0 Å². The highest BCUT2D eigenvalue weighted by molar-refractivity contribution is 7.91. The molecule has 0 bridgehead atoms. The third-order valence-corrected chi connectivity index (χ3v) is 3.90. The summed E-state index contributed by atoms with van der Waals surface area (Å²) < 4.78 is 52.6. The van der Waals surface area contributed by atoms with Gasteiger partial charge in [-0.2, -0.15) is 8.78 Å². The number of aliphatic carboxylic acids is 1. The zero-order valence-electron chi connectivity index (χ0n) is 10.4. The molecular weight excluding hydrogens is 296 g/mol. The summed E-state index contributed by atoms with van der Waals surface area (Å²) in [5.74, 6) is -4.81. The van der Waals surface area contributed by atoms with Crippen LogP contribution in [0.25, 0.3) is 0 Å². The minimum atomic E-state index is -4.77. The summed E-state index contributed by atoms with van der Waals surface area (Å²) in [6.45, 7) is -0.262. The maximum atomic E-state index is 12.5. The molecule has 0 fully saturated rings. The molecule has 1 atom stereocenters. The molecule has 9 heteroatoms. The predicted octanol–water partition coefficient (Wildman–Crippen LogP) is 1.19. The number of carboxylic acid groups (broad SMARTS) is 1. The minimum absolute atomic E-state index is 0.101. The van der Waals surface area contributed by atoms with Crippen LogP contribution in [0.15, 0.2) is 29.2 Å². The zero-order valence-corrected chi connectivity index (χ0v) is 11.2. The van der Waals surface area contributed by atoms with Crippen molar-refractivity contribution in [2.24, 2.45) is 0 Å². The molecule has 0 amide bonds. The van der Waals surface area contributed by atoms with E-state index in [4.69, 9.17) is 5.11 Å². The third-order valence-electron chi connectivity index (χ3n) is 2.47. The number of carbonyl (C=O) groups is 1. The number of nitrogens with one attached hydrogen (secondary N) is 1. The Morgan fingerprint density at radius 3 is 2.50 bits per heavy atom. The molecule has 0 spiro atoms. The standard InChI is InChI=1S/C11H13F2NO5S/c1-19-8(10(15)16)6-14-7-4-2-3-5-9(7)20(17,18)11(12)13/h2-5,8,11,14H,6H2,1H3,(H,15,16). The highest BCUT2D eigenvalue weighted by atomic mass is 32.2. The maximum Gasteiger partial charge on any atom is 0.341 e. The van der Waals surface area contributed by atoms with Crippen molar-refractivity contribution in [1.29, 1.82) is 0 Å². The molecule has 6 nitrogen and oxygen atoms in total. The molecule has 0 aliphatic carbocycles. The highest BCUT2D eigenvalue weighted by Crippen LogP contribution is 2.26. The summed E-state index contributed by atoms with van der Waals surface area (Å²) in [6.07, 6.45) is -1.22. The van der Waals surface area contributed by atoms with Crippen molar-refractivity contribution in [2.75, 3.05) is 19.0 Å². The largest absolute Gasteiger partial charge is 0.479 e. The molecule has 0 aromatic heterocycles. The molecule has 1 rings (SSSR count). The molecule has 1 aromatic carbocycles. The molecule has 0 saturated carbocycles. The molecule has 0 aliphatic heterocycles. The lowest BCUT2D eigenvalue weighted by Crippen LogP contribution is -2.30. The van der Waals surface area contributed by atoms with Crippen LogP contribution in [-0.2, 0) is 19.4 Å². The minimum Gasteiger partial charge on any atom is -0.479 e. The van der Waals surface area contributed by atoms with Crippen LogP contribution in [0.2, 0.25) is 0 Å². The van der Waals surface area contributed by atoms with E-state index in [1.807, 2.05) is 0 Å². The molecule has 1 unspecified atom stereocenters. The lowest BCUT2D eigenvalue weighted by molar-refractivity contribution is -0.147. The number of alkyl halides is 2. The van der Waals surface area contributed by atoms with Crippen LogP contribution in [0, 0.1) is 0 Å². The van der Waals surface area contributed by atoms with Gasteiger partial charge in [0.15, 0.2) is 6.10 Å². The number of hydrogen-bond acceptors (Lipinski definition) is 5. The van der Waals surface area contributed by atoms with E-state index in [0.29, 0.717) is 0 Å². The van der Waals surface area contributed by atoms with E-state index in [2.05, 4.69) is 10.1 Å². The summed E-state index contributed by atoms with van der Waals surface area (Å²) in [7, 11) is -3.60. The van der Waals surface area contributed by atoms with Crippen molar-refractivity contribution in [3.63, 3.8) is 0 Å². The summed E-state index contributed by atoms with van der Waals surface area (Å²) in [5.41, 5.74) is -0.101. The number of hydrogen-bond donors (Lipinski definition) is 2. The molecular formula is C11H13F2NO5S. The normalized spacial score (nSPS) is 13.2. The number of benzene rings is 1. The smallest absolute Gasteiger partial charge is 0.341 e. The van der Waals surface area contributed by atoms with Crippen molar-refractivity contribution in [3.8, 4) is 0 Å². The number of anilines is 1. The number of rotatable bonds is 7. The lowest BCUT2D eigenvalue weighted by atomic mass is 10.3. The Hall–Kier alpha value is -1.74. The van der Waals surface area contributed by atoms with E-state index in [0.717, 1.165) is 6.07 Å². The van der Waals surface area contributed by atoms with Gasteiger partial charge in [0, 0.05) is 7.11 Å². The van der Waals surface area contributed by atoms with Gasteiger partial charge in [0.25, 0.3) is 0 Å². The first kappa shape index (κ1) is 16.3. The van der Waals surface area contributed by atoms with E-state index in [1.54, 1.807) is 0 Å². The fourth-order valence-corrected chi connectivity index (χ4v) is 2.34. The fourth-order valence-electron chi connectivity index (χ4n) is 1.43. The summed E-state index contributed by atoms with van der Waals surface area (Å²) in [6, 6.07) is 5.02. The lowest BCUT2D eigenvalue weighted by Gasteiger charge is -2.15. The number of ether oxygens (including phenoxy) is 1. The van der Waals surface area contributed by atoms with Gasteiger partial charge in [-0.3, -0.25) is 0 Å². The van der Waals surface area contributed by atoms with Gasteiger partial charge >= 0.3 is 11.7 Å². The molecule has 20 heavy (non-hydrogen) atoms. The van der Waals surface area contributed by atoms with E-state index < -0.39 is 32.6 Å². The molecule has 1 aromatic rings. The Labute approximate surface area is 114 Å². The number of para-hydroxylation sites is 1. The average Bonchev–Trinajstić information content (AvgIpc) is 2.39. The second-order valence-corrected chi connectivity index (χ2v) is 5.63. The van der Waals surface area contributed by atoms with Crippen molar-refractivity contribution >= 4 is 21.5 Å². The monoisotopic (exact) mass is 309 g/mol. The van der Waals surface area contributed by atoms with Gasteiger partial charge in [0.2, 0.25) is 9.84 Å². The van der Waals surface area contributed by atoms with Crippen LogP contribution >= 0.6 is 0 Å². The number of sulfone groups is 1. The Balaban J connectivity index is 3.01. The van der Waals surface area contributed by atoms with Gasteiger partial charge in [-0.15, -0.1) is 0 Å². The van der Waals surface area contributed by atoms with Gasteiger partial charge < -0.3 is 15.2 Å². The molecule has 112 valence electrons. The van der Waals surface area contributed by atoms with Crippen molar-refractivity contribution in [1.82, 2.24) is 0 Å². The van der Waals surface area contributed by atoms with Gasteiger partial charge in [0.05, 0.1) is 17.1 Å². The summed E-state index contributed by atoms with van der Waals surface area (Å²) in [5, 5.41) is 11.3. The third kappa shape index (κ3) is 3.64. The maximum absolute atomic E-state index is 12.5. The quantitative estimate of drug-likeness (QED) is 0.786. The van der Waals surface area contributed by atoms with Crippen LogP contribution in [0.4, 0.5) is 14.5 Å². The first-order valence-electron chi connectivity index (χ1n) is 5.41. The molecule has 0 saturated heterocycles. The van der Waals surface area contributed by atoms with Crippen molar-refractivity contribution in [2.45, 2.75) is 16.8 Å². The SMILES string of the molecule is COC(CNc1ccccc1S(=O)(=O)C(F)F)C(=O)O. The zero-order chi connectivity index (χ0) is 15.3. The fraction of sp³-hybridized carbons (Fsp3) is 0.364. The van der Waals surface area contributed by atoms with E-state index in [1.165, 1.54) is 25.3 Å². The Bertz CT molecular complexity index is 576. The van der Waals surface area contributed by atoms with Crippen LogP contribution in [0.5, 0.6) is 0 Å². The van der Waals surface area contributed by atoms with Gasteiger partial charge in [-0.25, -0.2) is 13.2 Å². The average molecular weight is 309 g/mol. The van der Waals surface area contributed by atoms with Crippen molar-refractivity contribution in [3.05, 3.63) is 24.3 Å². The van der Waals surface area contributed by atoms with E-state index in [9.17, 15) is 22.0 Å². The number of carboxylic acids is 1. The molecule has 0 radical (unpaired) electrons.